The van der Waals surface area contributed by atoms with Gasteiger partial charge < -0.3 is 24.8 Å². The highest BCUT2D eigenvalue weighted by molar-refractivity contribution is 5.97. The van der Waals surface area contributed by atoms with Crippen LogP contribution in [0.4, 0.5) is 5.69 Å². The molecule has 3 rings (SSSR count). The van der Waals surface area contributed by atoms with Gasteiger partial charge in [0.2, 0.25) is 0 Å². The maximum Gasteiger partial charge on any atom is 0.256 e. The Morgan fingerprint density at radius 1 is 1.17 bits per heavy atom. The number of rotatable bonds is 7. The van der Waals surface area contributed by atoms with Crippen molar-refractivity contribution < 1.29 is 19.0 Å². The third-order valence-electron chi connectivity index (χ3n) is 4.75. The van der Waals surface area contributed by atoms with Gasteiger partial charge in [-0.3, -0.25) is 9.78 Å². The average Bonchev–Trinajstić information content (AvgIpc) is 2.73. The van der Waals surface area contributed by atoms with Crippen LogP contribution < -0.4 is 20.1 Å². The first kappa shape index (κ1) is 25.0. The molecule has 0 bridgehead atoms. The van der Waals surface area contributed by atoms with Gasteiger partial charge in [0.25, 0.3) is 5.91 Å². The van der Waals surface area contributed by atoms with Crippen molar-refractivity contribution in [2.45, 2.75) is 25.0 Å². The first-order valence-electron chi connectivity index (χ1n) is 8.94. The number of piperidine rings is 1. The molecule has 1 fully saturated rings. The number of aromatic nitrogens is 1. The summed E-state index contributed by atoms with van der Waals surface area (Å²) in [4.78, 5) is 16.9. The Morgan fingerprint density at radius 2 is 1.93 bits per heavy atom. The second-order valence-corrected chi connectivity index (χ2v) is 6.42. The van der Waals surface area contributed by atoms with Gasteiger partial charge in [-0.2, -0.15) is 0 Å². The standard InChI is InChI=1S/C20H25N3O4.2ClH/c1-25-17-6-5-16(12-18(17)27-14-15-4-3-9-22-13-15)23-19(24)20(26-2)7-10-21-11-8-20;;/h3-6,9,12-13,21H,7-8,10-11,14H2,1-2H3,(H,23,24);2*1H. The lowest BCUT2D eigenvalue weighted by Gasteiger charge is -2.34. The minimum absolute atomic E-state index is 0. The molecule has 29 heavy (non-hydrogen) atoms. The third kappa shape index (κ3) is 6.21. The van der Waals surface area contributed by atoms with Crippen LogP contribution in [0.25, 0.3) is 0 Å². The Kier molecular flexibility index (Phi) is 10.2. The minimum atomic E-state index is -0.804. The van der Waals surface area contributed by atoms with Crippen molar-refractivity contribution in [2.75, 3.05) is 32.6 Å². The van der Waals surface area contributed by atoms with Crippen LogP contribution in [0.2, 0.25) is 0 Å². The van der Waals surface area contributed by atoms with Gasteiger partial charge in [0.05, 0.1) is 7.11 Å². The maximum absolute atomic E-state index is 12.8. The van der Waals surface area contributed by atoms with Gasteiger partial charge in [0.1, 0.15) is 12.2 Å². The number of ether oxygens (including phenoxy) is 3. The number of anilines is 1. The van der Waals surface area contributed by atoms with Crippen LogP contribution in [0.1, 0.15) is 18.4 Å². The molecule has 7 nitrogen and oxygen atoms in total. The molecule has 2 heterocycles. The first-order valence-corrected chi connectivity index (χ1v) is 8.94. The van der Waals surface area contributed by atoms with Gasteiger partial charge in [-0.05, 0) is 44.1 Å². The normalized spacial score (nSPS) is 14.7. The Morgan fingerprint density at radius 3 is 2.55 bits per heavy atom. The van der Waals surface area contributed by atoms with E-state index < -0.39 is 5.60 Å². The highest BCUT2D eigenvalue weighted by Gasteiger charge is 2.39. The number of amides is 1. The number of nitrogens with zero attached hydrogens (tertiary/aromatic N) is 1. The summed E-state index contributed by atoms with van der Waals surface area (Å²) in [6.07, 6.45) is 4.73. The second kappa shape index (κ2) is 11.8. The van der Waals surface area contributed by atoms with Crippen LogP contribution in [0.15, 0.2) is 42.7 Å². The van der Waals surface area contributed by atoms with E-state index >= 15 is 0 Å². The highest BCUT2D eigenvalue weighted by Crippen LogP contribution is 2.32. The third-order valence-corrected chi connectivity index (χ3v) is 4.75. The molecule has 0 atom stereocenters. The highest BCUT2D eigenvalue weighted by atomic mass is 35.5. The Bertz CT molecular complexity index is 772. The van der Waals surface area contributed by atoms with Crippen LogP contribution in [0.3, 0.4) is 0 Å². The van der Waals surface area contributed by atoms with Crippen LogP contribution in [-0.4, -0.2) is 43.8 Å². The lowest BCUT2D eigenvalue weighted by molar-refractivity contribution is -0.140. The van der Waals surface area contributed by atoms with Crippen LogP contribution in [0, 0.1) is 0 Å². The van der Waals surface area contributed by atoms with Crippen molar-refractivity contribution in [3.05, 3.63) is 48.3 Å². The van der Waals surface area contributed by atoms with Crippen LogP contribution >= 0.6 is 24.8 Å². The largest absolute Gasteiger partial charge is 0.493 e. The van der Waals surface area contributed by atoms with E-state index in [-0.39, 0.29) is 30.7 Å². The van der Waals surface area contributed by atoms with Crippen molar-refractivity contribution >= 4 is 36.4 Å². The fraction of sp³-hybridized carbons (Fsp3) is 0.400. The van der Waals surface area contributed by atoms with E-state index in [0.29, 0.717) is 36.6 Å². The molecule has 0 spiro atoms. The summed E-state index contributed by atoms with van der Waals surface area (Å²) in [7, 11) is 3.17. The van der Waals surface area contributed by atoms with Gasteiger partial charge in [-0.1, -0.05) is 6.07 Å². The smallest absolute Gasteiger partial charge is 0.256 e. The van der Waals surface area contributed by atoms with Gasteiger partial charge in [-0.25, -0.2) is 0 Å². The summed E-state index contributed by atoms with van der Waals surface area (Å²) in [5.74, 6) is 1.01. The molecule has 1 aliphatic heterocycles. The fourth-order valence-corrected chi connectivity index (χ4v) is 3.11. The predicted molar refractivity (Wildman–Crippen MR) is 117 cm³/mol. The Balaban J connectivity index is 0.00000210. The summed E-state index contributed by atoms with van der Waals surface area (Å²) in [6.45, 7) is 1.86. The number of benzene rings is 1. The molecule has 1 aromatic carbocycles. The van der Waals surface area contributed by atoms with Crippen molar-refractivity contribution in [3.8, 4) is 11.5 Å². The summed E-state index contributed by atoms with van der Waals surface area (Å²) in [5, 5.41) is 6.20. The molecular formula is C20H27Cl2N3O4. The van der Waals surface area contributed by atoms with Crippen molar-refractivity contribution in [2.24, 2.45) is 0 Å². The monoisotopic (exact) mass is 443 g/mol. The SMILES string of the molecule is COc1ccc(NC(=O)C2(OC)CCNCC2)cc1OCc1cccnc1.Cl.Cl. The number of hydrogen-bond donors (Lipinski definition) is 2. The molecule has 1 aliphatic rings. The van der Waals surface area contributed by atoms with E-state index in [0.717, 1.165) is 18.7 Å². The van der Waals surface area contributed by atoms with Crippen molar-refractivity contribution in [1.29, 1.82) is 0 Å². The number of halogens is 2. The van der Waals surface area contributed by atoms with E-state index in [4.69, 9.17) is 14.2 Å². The average molecular weight is 444 g/mol. The zero-order valence-corrected chi connectivity index (χ0v) is 18.1. The molecule has 0 saturated carbocycles. The predicted octanol–water partition coefficient (Wildman–Crippen LogP) is 3.22. The quantitative estimate of drug-likeness (QED) is 0.683. The van der Waals surface area contributed by atoms with Crippen molar-refractivity contribution in [1.82, 2.24) is 10.3 Å². The maximum atomic E-state index is 12.8. The van der Waals surface area contributed by atoms with Gasteiger partial charge in [-0.15, -0.1) is 24.8 Å². The lowest BCUT2D eigenvalue weighted by atomic mass is 9.91. The molecular weight excluding hydrogens is 417 g/mol. The van der Waals surface area contributed by atoms with E-state index in [1.165, 1.54) is 0 Å². The van der Waals surface area contributed by atoms with Gasteiger partial charge in [0.15, 0.2) is 11.5 Å². The number of pyridine rings is 1. The molecule has 1 amide bonds. The van der Waals surface area contributed by atoms with Crippen molar-refractivity contribution in [3.63, 3.8) is 0 Å². The van der Waals surface area contributed by atoms with E-state index in [2.05, 4.69) is 15.6 Å². The molecule has 2 N–H and O–H groups in total. The number of methoxy groups -OCH3 is 2. The molecule has 1 aromatic heterocycles. The summed E-state index contributed by atoms with van der Waals surface area (Å²) < 4.78 is 16.8. The number of carbonyl (C=O) groups is 1. The topological polar surface area (TPSA) is 81.7 Å². The second-order valence-electron chi connectivity index (χ2n) is 6.42. The van der Waals surface area contributed by atoms with E-state index in [1.54, 1.807) is 44.8 Å². The summed E-state index contributed by atoms with van der Waals surface area (Å²) >= 11 is 0. The zero-order chi connectivity index (χ0) is 19.1. The molecule has 160 valence electrons. The number of carbonyl (C=O) groups excluding carboxylic acids is 1. The van der Waals surface area contributed by atoms with E-state index in [9.17, 15) is 4.79 Å². The molecule has 0 radical (unpaired) electrons. The van der Waals surface area contributed by atoms with Gasteiger partial charge in [0, 0.05) is 36.8 Å². The molecule has 0 unspecified atom stereocenters. The number of hydrogen-bond acceptors (Lipinski definition) is 6. The van der Waals surface area contributed by atoms with E-state index in [1.807, 2.05) is 12.1 Å². The molecule has 9 heteroatoms. The Hall–Kier alpha value is -2.06. The summed E-state index contributed by atoms with van der Waals surface area (Å²) in [5.41, 5.74) is 0.779. The summed E-state index contributed by atoms with van der Waals surface area (Å²) in [6, 6.07) is 9.12. The first-order chi connectivity index (χ1) is 13.2. The number of nitrogens with one attached hydrogen (secondary N) is 2. The molecule has 0 aliphatic carbocycles. The molecule has 1 saturated heterocycles. The minimum Gasteiger partial charge on any atom is -0.493 e. The Labute approximate surface area is 183 Å². The zero-order valence-electron chi connectivity index (χ0n) is 16.5. The molecule has 2 aromatic rings. The fourth-order valence-electron chi connectivity index (χ4n) is 3.11. The lowest BCUT2D eigenvalue weighted by Crippen LogP contribution is -2.51. The van der Waals surface area contributed by atoms with Gasteiger partial charge >= 0.3 is 0 Å². The van der Waals surface area contributed by atoms with Crippen LogP contribution in [0.5, 0.6) is 11.5 Å². The van der Waals surface area contributed by atoms with Crippen LogP contribution in [-0.2, 0) is 16.1 Å².